The summed E-state index contributed by atoms with van der Waals surface area (Å²) >= 11 is 2.16. The van der Waals surface area contributed by atoms with Gasteiger partial charge in [-0.05, 0) is 18.6 Å². The quantitative estimate of drug-likeness (QED) is 0.552. The van der Waals surface area contributed by atoms with Crippen LogP contribution in [0.15, 0.2) is 0 Å². The minimum Gasteiger partial charge on any atom is -0.159 e. The van der Waals surface area contributed by atoms with Crippen molar-refractivity contribution in [2.75, 3.05) is 5.75 Å². The Balaban J connectivity index is 1.76. The van der Waals surface area contributed by atoms with Crippen molar-refractivity contribution in [1.82, 2.24) is 0 Å². The molecular weight excluding hydrogens is 140 g/mol. The molecule has 1 fully saturated rings. The molecule has 1 aliphatic heterocycles. The van der Waals surface area contributed by atoms with E-state index in [0.29, 0.717) is 0 Å². The zero-order valence-corrected chi connectivity index (χ0v) is 7.75. The fraction of sp³-hybridized carbons (Fsp3) is 1.00. The summed E-state index contributed by atoms with van der Waals surface area (Å²) in [4.78, 5) is 0. The molecule has 1 atom stereocenters. The maximum Gasteiger partial charge on any atom is 0.00549 e. The summed E-state index contributed by atoms with van der Waals surface area (Å²) in [6.07, 6.45) is 8.75. The van der Waals surface area contributed by atoms with Gasteiger partial charge in [0.05, 0.1) is 0 Å². The molecule has 0 N–H and O–H groups in total. The van der Waals surface area contributed by atoms with Gasteiger partial charge >= 0.3 is 0 Å². The van der Waals surface area contributed by atoms with Crippen molar-refractivity contribution in [2.45, 2.75) is 50.7 Å². The van der Waals surface area contributed by atoms with Crippen molar-refractivity contribution in [3.8, 4) is 0 Å². The molecule has 1 heterocycles. The summed E-state index contributed by atoms with van der Waals surface area (Å²) in [7, 11) is 0. The molecule has 0 spiro atoms. The number of rotatable bonds is 5. The molecule has 0 aromatic rings. The zero-order chi connectivity index (χ0) is 7.23. The Kier molecular flexibility index (Phi) is 4.27. The Hall–Kier alpha value is 0.350. The second-order valence-electron chi connectivity index (χ2n) is 3.13. The normalized spacial score (nSPS) is 24.3. The van der Waals surface area contributed by atoms with Crippen LogP contribution in [-0.4, -0.2) is 11.0 Å². The minimum atomic E-state index is 1.05. The molecule has 0 nitrogen and oxygen atoms in total. The van der Waals surface area contributed by atoms with E-state index < -0.39 is 0 Å². The van der Waals surface area contributed by atoms with E-state index in [1.54, 1.807) is 0 Å². The summed E-state index contributed by atoms with van der Waals surface area (Å²) in [6, 6.07) is 0. The second-order valence-corrected chi connectivity index (χ2v) is 4.54. The highest BCUT2D eigenvalue weighted by Gasteiger charge is 2.16. The molecule has 0 saturated carbocycles. The molecule has 0 amide bonds. The summed E-state index contributed by atoms with van der Waals surface area (Å²) in [5.74, 6) is 1.43. The topological polar surface area (TPSA) is 0 Å². The summed E-state index contributed by atoms with van der Waals surface area (Å²) < 4.78 is 0. The standard InChI is InChI=1S/C9H18S/c1-2-3-4-5-6-9-7-8-10-9/h9H,2-8H2,1H3. The lowest BCUT2D eigenvalue weighted by molar-refractivity contribution is 0.600. The first kappa shape index (κ1) is 8.45. The van der Waals surface area contributed by atoms with Crippen LogP contribution >= 0.6 is 11.8 Å². The van der Waals surface area contributed by atoms with Crippen LogP contribution in [0.1, 0.15) is 45.4 Å². The van der Waals surface area contributed by atoms with Gasteiger partial charge < -0.3 is 0 Å². The van der Waals surface area contributed by atoms with Crippen molar-refractivity contribution in [1.29, 1.82) is 0 Å². The zero-order valence-electron chi connectivity index (χ0n) is 6.94. The molecular formula is C9H18S. The second kappa shape index (κ2) is 5.06. The smallest absolute Gasteiger partial charge is 0.00549 e. The molecule has 1 rings (SSSR count). The molecule has 0 aromatic heterocycles. The van der Waals surface area contributed by atoms with E-state index in [-0.39, 0.29) is 0 Å². The Labute approximate surface area is 68.8 Å². The van der Waals surface area contributed by atoms with Gasteiger partial charge in [0.25, 0.3) is 0 Å². The van der Waals surface area contributed by atoms with E-state index in [1.807, 2.05) is 0 Å². The van der Waals surface area contributed by atoms with Crippen LogP contribution in [-0.2, 0) is 0 Å². The molecule has 0 radical (unpaired) electrons. The number of hydrogen-bond acceptors (Lipinski definition) is 1. The lowest BCUT2D eigenvalue weighted by atomic mass is 10.1. The number of unbranched alkanes of at least 4 members (excludes halogenated alkanes) is 3. The molecule has 10 heavy (non-hydrogen) atoms. The Morgan fingerprint density at radius 1 is 1.30 bits per heavy atom. The monoisotopic (exact) mass is 158 g/mol. The molecule has 1 heteroatoms. The van der Waals surface area contributed by atoms with Gasteiger partial charge in [-0.3, -0.25) is 0 Å². The van der Waals surface area contributed by atoms with Crippen molar-refractivity contribution in [2.24, 2.45) is 0 Å². The predicted molar refractivity (Wildman–Crippen MR) is 49.6 cm³/mol. The molecule has 1 aliphatic rings. The van der Waals surface area contributed by atoms with E-state index in [9.17, 15) is 0 Å². The van der Waals surface area contributed by atoms with Crippen LogP contribution < -0.4 is 0 Å². The van der Waals surface area contributed by atoms with Crippen LogP contribution in [0.2, 0.25) is 0 Å². The molecule has 0 bridgehead atoms. The van der Waals surface area contributed by atoms with Gasteiger partial charge in [-0.25, -0.2) is 0 Å². The highest BCUT2D eigenvalue weighted by molar-refractivity contribution is 8.01. The molecule has 1 saturated heterocycles. The van der Waals surface area contributed by atoms with Crippen LogP contribution in [0.4, 0.5) is 0 Å². The van der Waals surface area contributed by atoms with Gasteiger partial charge in [0.1, 0.15) is 0 Å². The fourth-order valence-electron chi connectivity index (χ4n) is 1.31. The highest BCUT2D eigenvalue weighted by atomic mass is 32.2. The fourth-order valence-corrected chi connectivity index (χ4v) is 2.21. The van der Waals surface area contributed by atoms with Crippen LogP contribution in [0.25, 0.3) is 0 Å². The average Bonchev–Trinajstić information content (AvgIpc) is 1.84. The Morgan fingerprint density at radius 2 is 2.10 bits per heavy atom. The van der Waals surface area contributed by atoms with Crippen molar-refractivity contribution in [3.05, 3.63) is 0 Å². The van der Waals surface area contributed by atoms with Gasteiger partial charge in [-0.15, -0.1) is 0 Å². The SMILES string of the molecule is CCCCCCC1CCS1. The summed E-state index contributed by atoms with van der Waals surface area (Å²) in [6.45, 7) is 2.28. The molecule has 60 valence electrons. The Bertz CT molecular complexity index is 76.8. The van der Waals surface area contributed by atoms with Crippen LogP contribution in [0.5, 0.6) is 0 Å². The van der Waals surface area contributed by atoms with Crippen molar-refractivity contribution >= 4 is 11.8 Å². The third-order valence-corrected chi connectivity index (χ3v) is 3.59. The Morgan fingerprint density at radius 3 is 2.60 bits per heavy atom. The average molecular weight is 158 g/mol. The van der Waals surface area contributed by atoms with Gasteiger partial charge in [0, 0.05) is 5.25 Å². The largest absolute Gasteiger partial charge is 0.159 e. The van der Waals surface area contributed by atoms with Crippen LogP contribution in [0, 0.1) is 0 Å². The van der Waals surface area contributed by atoms with Crippen molar-refractivity contribution in [3.63, 3.8) is 0 Å². The van der Waals surface area contributed by atoms with E-state index in [2.05, 4.69) is 18.7 Å². The molecule has 0 aliphatic carbocycles. The number of thioether (sulfide) groups is 1. The molecule has 0 aromatic carbocycles. The summed E-state index contributed by atoms with van der Waals surface area (Å²) in [5.41, 5.74) is 0. The highest BCUT2D eigenvalue weighted by Crippen LogP contribution is 2.31. The maximum atomic E-state index is 2.28. The van der Waals surface area contributed by atoms with Gasteiger partial charge in [-0.2, -0.15) is 11.8 Å². The van der Waals surface area contributed by atoms with Gasteiger partial charge in [0.2, 0.25) is 0 Å². The van der Waals surface area contributed by atoms with E-state index in [0.717, 1.165) is 5.25 Å². The third-order valence-electron chi connectivity index (χ3n) is 2.17. The first-order chi connectivity index (χ1) is 4.93. The van der Waals surface area contributed by atoms with E-state index in [1.165, 1.54) is 44.3 Å². The first-order valence-electron chi connectivity index (χ1n) is 4.55. The van der Waals surface area contributed by atoms with E-state index >= 15 is 0 Å². The lowest BCUT2D eigenvalue weighted by Crippen LogP contribution is -2.14. The summed E-state index contributed by atoms with van der Waals surface area (Å²) in [5, 5.41) is 1.05. The third kappa shape index (κ3) is 2.96. The predicted octanol–water partition coefficient (Wildman–Crippen LogP) is 3.46. The lowest BCUT2D eigenvalue weighted by Gasteiger charge is -2.24. The van der Waals surface area contributed by atoms with Crippen molar-refractivity contribution < 1.29 is 0 Å². The molecule has 1 unspecified atom stereocenters. The van der Waals surface area contributed by atoms with Crippen LogP contribution in [0.3, 0.4) is 0 Å². The van der Waals surface area contributed by atoms with E-state index in [4.69, 9.17) is 0 Å². The first-order valence-corrected chi connectivity index (χ1v) is 5.60. The minimum absolute atomic E-state index is 1.05. The van der Waals surface area contributed by atoms with Gasteiger partial charge in [0.15, 0.2) is 0 Å². The van der Waals surface area contributed by atoms with Gasteiger partial charge in [-0.1, -0.05) is 32.6 Å². The maximum absolute atomic E-state index is 2.28. The number of hydrogen-bond donors (Lipinski definition) is 0.